The van der Waals surface area contributed by atoms with E-state index < -0.39 is 0 Å². The lowest BCUT2D eigenvalue weighted by molar-refractivity contribution is -0.133. The van der Waals surface area contributed by atoms with Crippen molar-refractivity contribution in [3.8, 4) is 5.75 Å². The van der Waals surface area contributed by atoms with Crippen molar-refractivity contribution in [1.82, 2.24) is 4.90 Å². The van der Waals surface area contributed by atoms with E-state index in [1.165, 1.54) is 0 Å². The van der Waals surface area contributed by atoms with Gasteiger partial charge in [0.2, 0.25) is 5.91 Å². The van der Waals surface area contributed by atoms with E-state index in [9.17, 15) is 4.79 Å². The highest BCUT2D eigenvalue weighted by atomic mass is 16.5. The molecule has 0 spiro atoms. The Morgan fingerprint density at radius 1 is 1.43 bits per heavy atom. The maximum absolute atomic E-state index is 12.5. The first-order chi connectivity index (χ1) is 10.2. The van der Waals surface area contributed by atoms with E-state index in [1.807, 2.05) is 23.1 Å². The molecule has 1 aliphatic rings. The van der Waals surface area contributed by atoms with Crippen LogP contribution in [0.5, 0.6) is 5.75 Å². The van der Waals surface area contributed by atoms with E-state index >= 15 is 0 Å². The first-order valence-electron chi connectivity index (χ1n) is 7.58. The lowest BCUT2D eigenvalue weighted by atomic mass is 9.97. The second-order valence-electron chi connectivity index (χ2n) is 5.72. The lowest BCUT2D eigenvalue weighted by Gasteiger charge is -2.25. The van der Waals surface area contributed by atoms with Crippen LogP contribution >= 0.6 is 0 Å². The molecule has 116 valence electrons. The number of benzene rings is 1. The molecule has 1 heterocycles. The van der Waals surface area contributed by atoms with Gasteiger partial charge in [-0.2, -0.15) is 0 Å². The van der Waals surface area contributed by atoms with E-state index in [0.717, 1.165) is 30.7 Å². The molecule has 4 nitrogen and oxygen atoms in total. The van der Waals surface area contributed by atoms with Crippen LogP contribution < -0.4 is 4.74 Å². The van der Waals surface area contributed by atoms with Crippen molar-refractivity contribution in [3.05, 3.63) is 29.8 Å². The number of ether oxygens (including phenoxy) is 2. The van der Waals surface area contributed by atoms with Crippen LogP contribution in [0.3, 0.4) is 0 Å². The van der Waals surface area contributed by atoms with Gasteiger partial charge < -0.3 is 14.4 Å². The molecular formula is C17H25NO3. The highest BCUT2D eigenvalue weighted by Crippen LogP contribution is 2.26. The van der Waals surface area contributed by atoms with Crippen LogP contribution in [0, 0.1) is 0 Å². The van der Waals surface area contributed by atoms with Crippen molar-refractivity contribution >= 4 is 5.91 Å². The molecule has 1 aromatic carbocycles. The van der Waals surface area contributed by atoms with Gasteiger partial charge in [-0.15, -0.1) is 0 Å². The Kier molecular flexibility index (Phi) is 5.62. The summed E-state index contributed by atoms with van der Waals surface area (Å²) in [5.74, 6) is 1.26. The summed E-state index contributed by atoms with van der Waals surface area (Å²) in [6.07, 6.45) is 2.66. The molecule has 2 atom stereocenters. The number of nitrogens with zero attached hydrogens (tertiary/aromatic N) is 1. The van der Waals surface area contributed by atoms with Gasteiger partial charge in [-0.1, -0.05) is 19.1 Å². The van der Waals surface area contributed by atoms with Gasteiger partial charge in [0.15, 0.2) is 0 Å². The SMILES string of the molecule is COC[C@@H]1CCCN1C(=O)C[C@H](C)c1cccc(OC)c1. The average Bonchev–Trinajstić information content (AvgIpc) is 2.96. The fourth-order valence-electron chi connectivity index (χ4n) is 2.97. The van der Waals surface area contributed by atoms with Gasteiger partial charge in [0.05, 0.1) is 19.8 Å². The molecule has 0 aliphatic carbocycles. The van der Waals surface area contributed by atoms with Gasteiger partial charge in [0.1, 0.15) is 5.75 Å². The van der Waals surface area contributed by atoms with Crippen LogP contribution in [-0.2, 0) is 9.53 Å². The summed E-state index contributed by atoms with van der Waals surface area (Å²) in [7, 11) is 3.36. The Morgan fingerprint density at radius 2 is 2.24 bits per heavy atom. The molecule has 2 rings (SSSR count). The van der Waals surface area contributed by atoms with Crippen molar-refractivity contribution in [2.75, 3.05) is 27.4 Å². The molecule has 1 aromatic rings. The molecule has 0 radical (unpaired) electrons. The normalized spacial score (nSPS) is 19.6. The number of carbonyl (C=O) groups is 1. The van der Waals surface area contributed by atoms with Gasteiger partial charge in [-0.3, -0.25) is 4.79 Å². The van der Waals surface area contributed by atoms with E-state index in [-0.39, 0.29) is 17.9 Å². The lowest BCUT2D eigenvalue weighted by Crippen LogP contribution is -2.38. The average molecular weight is 291 g/mol. The van der Waals surface area contributed by atoms with Crippen LogP contribution in [0.2, 0.25) is 0 Å². The summed E-state index contributed by atoms with van der Waals surface area (Å²) in [5.41, 5.74) is 1.14. The fourth-order valence-corrected chi connectivity index (χ4v) is 2.97. The third kappa shape index (κ3) is 3.97. The number of amides is 1. The Bertz CT molecular complexity index is 475. The Hall–Kier alpha value is -1.55. The summed E-state index contributed by atoms with van der Waals surface area (Å²) in [6, 6.07) is 8.21. The molecule has 21 heavy (non-hydrogen) atoms. The zero-order valence-corrected chi connectivity index (χ0v) is 13.2. The van der Waals surface area contributed by atoms with Crippen molar-refractivity contribution < 1.29 is 14.3 Å². The first kappa shape index (κ1) is 15.8. The van der Waals surface area contributed by atoms with Crippen LogP contribution in [0.1, 0.15) is 37.7 Å². The minimum Gasteiger partial charge on any atom is -0.497 e. The molecule has 1 fully saturated rings. The Morgan fingerprint density at radius 3 is 2.95 bits per heavy atom. The predicted octanol–water partition coefficient (Wildman–Crippen LogP) is 2.83. The smallest absolute Gasteiger partial charge is 0.223 e. The van der Waals surface area contributed by atoms with Gasteiger partial charge in [0, 0.05) is 20.1 Å². The topological polar surface area (TPSA) is 38.8 Å². The van der Waals surface area contributed by atoms with Gasteiger partial charge in [0.25, 0.3) is 0 Å². The van der Waals surface area contributed by atoms with Crippen LogP contribution in [0.4, 0.5) is 0 Å². The molecule has 0 unspecified atom stereocenters. The highest BCUT2D eigenvalue weighted by molar-refractivity contribution is 5.77. The van der Waals surface area contributed by atoms with E-state index in [0.29, 0.717) is 13.0 Å². The molecule has 0 saturated carbocycles. The van der Waals surface area contributed by atoms with E-state index in [2.05, 4.69) is 13.0 Å². The molecule has 0 N–H and O–H groups in total. The highest BCUT2D eigenvalue weighted by Gasteiger charge is 2.29. The van der Waals surface area contributed by atoms with E-state index in [1.54, 1.807) is 14.2 Å². The summed E-state index contributed by atoms with van der Waals surface area (Å²) in [6.45, 7) is 3.59. The van der Waals surface area contributed by atoms with E-state index in [4.69, 9.17) is 9.47 Å². The number of methoxy groups -OCH3 is 2. The van der Waals surface area contributed by atoms with Gasteiger partial charge >= 0.3 is 0 Å². The van der Waals surface area contributed by atoms with Crippen LogP contribution in [0.15, 0.2) is 24.3 Å². The van der Waals surface area contributed by atoms with Crippen molar-refractivity contribution in [2.24, 2.45) is 0 Å². The Labute approximate surface area is 127 Å². The summed E-state index contributed by atoms with van der Waals surface area (Å²) in [4.78, 5) is 14.5. The third-order valence-electron chi connectivity index (χ3n) is 4.20. The molecule has 1 amide bonds. The van der Waals surface area contributed by atoms with Gasteiger partial charge in [-0.05, 0) is 36.5 Å². The molecule has 0 bridgehead atoms. The zero-order valence-electron chi connectivity index (χ0n) is 13.2. The summed E-state index contributed by atoms with van der Waals surface area (Å²) in [5, 5.41) is 0. The third-order valence-corrected chi connectivity index (χ3v) is 4.20. The maximum atomic E-state index is 12.5. The monoisotopic (exact) mass is 291 g/mol. The van der Waals surface area contributed by atoms with Gasteiger partial charge in [-0.25, -0.2) is 0 Å². The summed E-state index contributed by atoms with van der Waals surface area (Å²) < 4.78 is 10.5. The number of likely N-dealkylation sites (tertiary alicyclic amines) is 1. The first-order valence-corrected chi connectivity index (χ1v) is 7.58. The van der Waals surface area contributed by atoms with Crippen molar-refractivity contribution in [1.29, 1.82) is 0 Å². The molecule has 1 saturated heterocycles. The minimum atomic E-state index is 0.191. The quantitative estimate of drug-likeness (QED) is 0.809. The predicted molar refractivity (Wildman–Crippen MR) is 82.6 cm³/mol. The van der Waals surface area contributed by atoms with Crippen LogP contribution in [-0.4, -0.2) is 44.2 Å². The second kappa shape index (κ2) is 7.46. The zero-order chi connectivity index (χ0) is 15.2. The largest absolute Gasteiger partial charge is 0.497 e. The van der Waals surface area contributed by atoms with Crippen molar-refractivity contribution in [2.45, 2.75) is 38.1 Å². The number of carbonyl (C=O) groups excluding carboxylic acids is 1. The number of hydrogen-bond acceptors (Lipinski definition) is 3. The number of rotatable bonds is 6. The van der Waals surface area contributed by atoms with Crippen molar-refractivity contribution in [3.63, 3.8) is 0 Å². The second-order valence-corrected chi connectivity index (χ2v) is 5.72. The fraction of sp³-hybridized carbons (Fsp3) is 0.588. The molecule has 4 heteroatoms. The standard InChI is InChI=1S/C17H25NO3/c1-13(14-6-4-8-16(11-14)21-3)10-17(19)18-9-5-7-15(18)12-20-2/h4,6,8,11,13,15H,5,7,9-10,12H2,1-3H3/t13-,15-/m0/s1. The molecule has 1 aliphatic heterocycles. The Balaban J connectivity index is 1.98. The minimum absolute atomic E-state index is 0.191. The molecule has 0 aromatic heterocycles. The molecular weight excluding hydrogens is 266 g/mol. The summed E-state index contributed by atoms with van der Waals surface area (Å²) >= 11 is 0. The maximum Gasteiger partial charge on any atom is 0.223 e. The van der Waals surface area contributed by atoms with Crippen LogP contribution in [0.25, 0.3) is 0 Å². The number of hydrogen-bond donors (Lipinski definition) is 0.